The van der Waals surface area contributed by atoms with Gasteiger partial charge in [0.15, 0.2) is 0 Å². The van der Waals surface area contributed by atoms with Crippen molar-refractivity contribution >= 4 is 40.6 Å². The lowest BCUT2D eigenvalue weighted by Crippen LogP contribution is -2.20. The summed E-state index contributed by atoms with van der Waals surface area (Å²) in [4.78, 5) is 4.91. The third-order valence-electron chi connectivity index (χ3n) is 12.5. The first-order valence-corrected chi connectivity index (χ1v) is 22.7. The molecule has 322 valence electrons. The second-order valence-corrected chi connectivity index (χ2v) is 16.7. The largest absolute Gasteiger partial charge is 0.497 e. The van der Waals surface area contributed by atoms with Gasteiger partial charge in [0, 0.05) is 36.3 Å². The van der Waals surface area contributed by atoms with Crippen LogP contribution in [0.4, 0.5) is 28.4 Å². The summed E-state index contributed by atoms with van der Waals surface area (Å²) in [6.45, 7) is 8.95. The molecule has 6 aromatic carbocycles. The number of ether oxygens (including phenoxy) is 2. The summed E-state index contributed by atoms with van der Waals surface area (Å²) in [6.07, 6.45) is 24.6. The predicted octanol–water partition coefficient (Wildman–Crippen LogP) is 15.9. The molecule has 6 aromatic rings. The molecule has 0 radical (unpaired) electrons. The number of anilines is 5. The van der Waals surface area contributed by atoms with Crippen LogP contribution in [0.3, 0.4) is 0 Å². The van der Waals surface area contributed by atoms with Crippen molar-refractivity contribution in [2.24, 2.45) is 0 Å². The molecule has 1 atom stereocenters. The quantitative estimate of drug-likeness (QED) is 0.103. The fraction of sp³-hybridized carbons (Fsp3) is 0.200. The topological polar surface area (TPSA) is 24.9 Å². The number of para-hydroxylation sites is 2. The number of aryl methyl sites for hydroxylation is 4. The summed E-state index contributed by atoms with van der Waals surface area (Å²) in [5.41, 5.74) is 19.7. The van der Waals surface area contributed by atoms with E-state index in [2.05, 4.69) is 214 Å². The van der Waals surface area contributed by atoms with Crippen LogP contribution in [0.15, 0.2) is 193 Å². The van der Waals surface area contributed by atoms with Crippen LogP contribution < -0.4 is 14.5 Å². The molecule has 0 heterocycles. The SMILES string of the molecule is CCc1cccc(C)c1N(C1=CC=C(/C=C/c2cccc(OC)c2)CC1)c1ccc(-c2ccc(N(c3ccc(/C=C/C4=CC=CC(OC)C4)cc3)c3c(C)cccc3CC)cc2)cc1. The van der Waals surface area contributed by atoms with Gasteiger partial charge in [0.2, 0.25) is 0 Å². The van der Waals surface area contributed by atoms with Gasteiger partial charge in [-0.05, 0) is 150 Å². The normalized spacial score (nSPS) is 15.0. The number of hydrogen-bond donors (Lipinski definition) is 0. The van der Waals surface area contributed by atoms with E-state index in [1.54, 1.807) is 14.2 Å². The van der Waals surface area contributed by atoms with Gasteiger partial charge in [-0.25, -0.2) is 0 Å². The standard InChI is InChI=1S/C60H60N2O2/c1-7-49-17-9-13-43(3)59(49)61(53-33-25-45(26-34-53)21-23-47-15-11-19-57(41-47)63-5)55-37-29-51(30-38-55)52-31-39-56(40-32-52)62(60-44(4)14-10-18-50(60)8-2)54-35-27-46(28-36-54)22-24-48-16-12-20-58(42-48)64-6/h9-27,29-35,37-40,42,57H,7-8,28,36,41H2,1-6H3/b23-21+,24-22+. The van der Waals surface area contributed by atoms with Gasteiger partial charge < -0.3 is 19.3 Å². The molecule has 0 aliphatic heterocycles. The van der Waals surface area contributed by atoms with Crippen LogP contribution >= 0.6 is 0 Å². The first-order chi connectivity index (χ1) is 31.3. The van der Waals surface area contributed by atoms with E-state index in [1.165, 1.54) is 67.3 Å². The number of methoxy groups -OCH3 is 2. The second-order valence-electron chi connectivity index (χ2n) is 16.7. The van der Waals surface area contributed by atoms with Crippen molar-refractivity contribution in [1.82, 2.24) is 0 Å². The highest BCUT2D eigenvalue weighted by atomic mass is 16.5. The summed E-state index contributed by atoms with van der Waals surface area (Å²) in [5, 5.41) is 0. The van der Waals surface area contributed by atoms with E-state index in [4.69, 9.17) is 9.47 Å². The molecule has 4 nitrogen and oxygen atoms in total. The Labute approximate surface area is 381 Å². The molecule has 0 saturated heterocycles. The molecule has 0 saturated carbocycles. The van der Waals surface area contributed by atoms with Crippen molar-refractivity contribution in [1.29, 1.82) is 0 Å². The van der Waals surface area contributed by atoms with Gasteiger partial charge in [-0.3, -0.25) is 0 Å². The van der Waals surface area contributed by atoms with Crippen molar-refractivity contribution in [3.63, 3.8) is 0 Å². The van der Waals surface area contributed by atoms with Crippen LogP contribution in [0.2, 0.25) is 0 Å². The number of allylic oxidation sites excluding steroid dienone is 8. The van der Waals surface area contributed by atoms with Crippen LogP contribution in [0.1, 0.15) is 66.5 Å². The molecule has 0 amide bonds. The predicted molar refractivity (Wildman–Crippen MR) is 272 cm³/mol. The Morgan fingerprint density at radius 3 is 1.69 bits per heavy atom. The Balaban J connectivity index is 1.08. The minimum atomic E-state index is 0.133. The molecule has 0 spiro atoms. The number of hydrogen-bond acceptors (Lipinski definition) is 4. The summed E-state index contributed by atoms with van der Waals surface area (Å²) in [6, 6.07) is 48.7. The van der Waals surface area contributed by atoms with Crippen molar-refractivity contribution < 1.29 is 9.47 Å². The molecule has 8 rings (SSSR count). The lowest BCUT2D eigenvalue weighted by atomic mass is 9.97. The highest BCUT2D eigenvalue weighted by molar-refractivity contribution is 5.83. The van der Waals surface area contributed by atoms with Crippen molar-refractivity contribution in [2.75, 3.05) is 24.0 Å². The molecular weight excluding hydrogens is 781 g/mol. The van der Waals surface area contributed by atoms with Crippen molar-refractivity contribution in [2.45, 2.75) is 65.9 Å². The van der Waals surface area contributed by atoms with Gasteiger partial charge in [0.1, 0.15) is 5.75 Å². The molecule has 64 heavy (non-hydrogen) atoms. The number of rotatable bonds is 15. The van der Waals surface area contributed by atoms with Gasteiger partial charge in [-0.1, -0.05) is 147 Å². The second kappa shape index (κ2) is 20.5. The smallest absolute Gasteiger partial charge is 0.119 e. The molecule has 2 aliphatic carbocycles. The Morgan fingerprint density at radius 1 is 0.547 bits per heavy atom. The molecule has 1 unspecified atom stereocenters. The Kier molecular flexibility index (Phi) is 14.0. The van der Waals surface area contributed by atoms with Crippen LogP contribution in [0, 0.1) is 13.8 Å². The third kappa shape index (κ3) is 9.99. The average Bonchev–Trinajstić information content (AvgIpc) is 3.35. The van der Waals surface area contributed by atoms with Gasteiger partial charge in [0.25, 0.3) is 0 Å². The first-order valence-electron chi connectivity index (χ1n) is 22.7. The average molecular weight is 841 g/mol. The fourth-order valence-electron chi connectivity index (χ4n) is 8.91. The highest BCUT2D eigenvalue weighted by Gasteiger charge is 2.22. The van der Waals surface area contributed by atoms with E-state index < -0.39 is 0 Å². The maximum atomic E-state index is 5.57. The molecular formula is C60H60N2O2. The van der Waals surface area contributed by atoms with E-state index in [-0.39, 0.29) is 6.10 Å². The fourth-order valence-corrected chi connectivity index (χ4v) is 8.91. The zero-order valence-corrected chi connectivity index (χ0v) is 38.2. The first kappa shape index (κ1) is 43.8. The van der Waals surface area contributed by atoms with E-state index in [0.29, 0.717) is 0 Å². The Bertz CT molecular complexity index is 2750. The Hall–Kier alpha value is -6.88. The van der Waals surface area contributed by atoms with Crippen LogP contribution in [-0.2, 0) is 17.6 Å². The molecule has 2 aliphatic rings. The van der Waals surface area contributed by atoms with E-state index in [1.807, 2.05) is 12.1 Å². The van der Waals surface area contributed by atoms with E-state index in [9.17, 15) is 0 Å². The van der Waals surface area contributed by atoms with Crippen LogP contribution in [-0.4, -0.2) is 20.3 Å². The van der Waals surface area contributed by atoms with Gasteiger partial charge >= 0.3 is 0 Å². The maximum absolute atomic E-state index is 5.57. The zero-order valence-electron chi connectivity index (χ0n) is 38.2. The summed E-state index contributed by atoms with van der Waals surface area (Å²) >= 11 is 0. The molecule has 0 N–H and O–H groups in total. The van der Waals surface area contributed by atoms with E-state index >= 15 is 0 Å². The summed E-state index contributed by atoms with van der Waals surface area (Å²) in [7, 11) is 3.48. The van der Waals surface area contributed by atoms with Crippen molar-refractivity contribution in [3.8, 4) is 16.9 Å². The van der Waals surface area contributed by atoms with Crippen LogP contribution in [0.25, 0.3) is 23.3 Å². The number of nitrogens with zero attached hydrogens (tertiary/aromatic N) is 2. The third-order valence-corrected chi connectivity index (χ3v) is 12.5. The monoisotopic (exact) mass is 840 g/mol. The summed E-state index contributed by atoms with van der Waals surface area (Å²) in [5.74, 6) is 0.870. The molecule has 0 fully saturated rings. The minimum absolute atomic E-state index is 0.133. The van der Waals surface area contributed by atoms with E-state index in [0.717, 1.165) is 60.4 Å². The molecule has 0 bridgehead atoms. The van der Waals surface area contributed by atoms with Crippen molar-refractivity contribution in [3.05, 3.63) is 226 Å². The zero-order chi connectivity index (χ0) is 44.4. The summed E-state index contributed by atoms with van der Waals surface area (Å²) < 4.78 is 11.0. The van der Waals surface area contributed by atoms with Gasteiger partial charge in [0.05, 0.1) is 24.6 Å². The minimum Gasteiger partial charge on any atom is -0.497 e. The maximum Gasteiger partial charge on any atom is 0.119 e. The Morgan fingerprint density at radius 2 is 1.11 bits per heavy atom. The highest BCUT2D eigenvalue weighted by Crippen LogP contribution is 2.42. The lowest BCUT2D eigenvalue weighted by molar-refractivity contribution is 0.141. The van der Waals surface area contributed by atoms with Crippen LogP contribution in [0.5, 0.6) is 5.75 Å². The number of benzene rings is 6. The molecule has 0 aromatic heterocycles. The lowest BCUT2D eigenvalue weighted by Gasteiger charge is -2.32. The molecule has 4 heteroatoms. The van der Waals surface area contributed by atoms with Gasteiger partial charge in [-0.15, -0.1) is 0 Å². The van der Waals surface area contributed by atoms with Gasteiger partial charge in [-0.2, -0.15) is 0 Å².